The van der Waals surface area contributed by atoms with Crippen LogP contribution in [0.15, 0.2) is 48.5 Å². The van der Waals surface area contributed by atoms with E-state index in [4.69, 9.17) is 4.74 Å². The van der Waals surface area contributed by atoms with Crippen LogP contribution < -0.4 is 15.4 Å². The van der Waals surface area contributed by atoms with Crippen LogP contribution in [0.5, 0.6) is 34.5 Å². The van der Waals surface area contributed by atoms with Crippen molar-refractivity contribution in [3.63, 3.8) is 0 Å². The number of nitrogens with one attached hydrogen (secondary N) is 2. The molecule has 1 heterocycles. The number of aromatic hydroxyl groups is 5. The number of ether oxygens (including phenoxy) is 1. The highest BCUT2D eigenvalue weighted by molar-refractivity contribution is 5.87. The van der Waals surface area contributed by atoms with Gasteiger partial charge in [0.15, 0.2) is 17.3 Å². The summed E-state index contributed by atoms with van der Waals surface area (Å²) in [6.07, 6.45) is -1.95. The second-order valence-corrected chi connectivity index (χ2v) is 12.9. The number of hydrogen-bond donors (Lipinski definition) is 10. The molecule has 276 valence electrons. The summed E-state index contributed by atoms with van der Waals surface area (Å²) in [5, 5.41) is 91.2. The van der Waals surface area contributed by atoms with Gasteiger partial charge in [-0.1, -0.05) is 48.5 Å². The summed E-state index contributed by atoms with van der Waals surface area (Å²) in [6.45, 7) is 5.30. The Labute approximate surface area is 294 Å². The van der Waals surface area contributed by atoms with Crippen molar-refractivity contribution in [2.24, 2.45) is 5.92 Å². The highest BCUT2D eigenvalue weighted by Crippen LogP contribution is 2.54. The Hall–Kier alpha value is -5.25. The normalized spacial score (nSPS) is 15.7. The number of urea groups is 1. The second-order valence-electron chi connectivity index (χ2n) is 12.9. The number of ketones is 1. The molecule has 15 nitrogen and oxygen atoms in total. The van der Waals surface area contributed by atoms with Crippen LogP contribution in [0.3, 0.4) is 0 Å². The number of aliphatic hydroxyl groups excluding tert-OH is 1. The van der Waals surface area contributed by atoms with Crippen molar-refractivity contribution in [1.82, 2.24) is 15.5 Å². The molecule has 1 fully saturated rings. The van der Waals surface area contributed by atoms with E-state index in [0.717, 1.165) is 16.7 Å². The number of Topliss-reactive ketones (excluding diaryl/α,β-unsaturated/α-hetero) is 1. The minimum Gasteiger partial charge on any atom is -0.504 e. The second kappa shape index (κ2) is 16.2. The van der Waals surface area contributed by atoms with E-state index in [0.29, 0.717) is 18.7 Å². The van der Waals surface area contributed by atoms with E-state index in [-0.39, 0.29) is 26.0 Å². The number of phenolic OH excluding ortho intramolecular Hbond substituents is 5. The summed E-state index contributed by atoms with van der Waals surface area (Å²) in [7, 11) is 0. The predicted octanol–water partition coefficient (Wildman–Crippen LogP) is 1.91. The van der Waals surface area contributed by atoms with Crippen molar-refractivity contribution in [2.45, 2.75) is 70.4 Å². The molecule has 4 atom stereocenters. The van der Waals surface area contributed by atoms with Crippen molar-refractivity contribution in [1.29, 1.82) is 0 Å². The molecule has 4 unspecified atom stereocenters. The molecule has 3 aromatic carbocycles. The Kier molecular flexibility index (Phi) is 12.2. The van der Waals surface area contributed by atoms with Crippen molar-refractivity contribution < 1.29 is 60.0 Å². The first-order valence-corrected chi connectivity index (χ1v) is 16.5. The summed E-state index contributed by atoms with van der Waals surface area (Å²) in [6, 6.07) is 10.6. The molecule has 0 saturated carbocycles. The first-order valence-electron chi connectivity index (χ1n) is 16.5. The summed E-state index contributed by atoms with van der Waals surface area (Å²) >= 11 is 0. The number of aliphatic hydroxyl groups is 3. The highest BCUT2D eigenvalue weighted by Gasteiger charge is 2.47. The average Bonchev–Trinajstić information content (AvgIpc) is 3.09. The lowest BCUT2D eigenvalue weighted by Gasteiger charge is -2.38. The lowest BCUT2D eigenvalue weighted by atomic mass is 9.83. The van der Waals surface area contributed by atoms with Gasteiger partial charge >= 0.3 is 6.03 Å². The molecular formula is C36H45N3O12. The van der Waals surface area contributed by atoms with Gasteiger partial charge in [-0.3, -0.25) is 9.59 Å². The van der Waals surface area contributed by atoms with E-state index < -0.39 is 88.3 Å². The standard InChI is InChI=1S/C36H45N3O12/c1-19-9-7-10-20(2)33(19)51-18-24(40)16-23(15-22-11-5-4-6-12-22)25(41)17-26(38-34(47)21(3)39-14-8-13-37-35(39)48)36(49,50)27-28(42)30(44)32(46)31(45)29(27)43/h4-7,9-12,21,23,25-26,41-46,49-50H,8,13-18H2,1-3H3,(H,37,48)(H,38,47). The van der Waals surface area contributed by atoms with Crippen LogP contribution in [0.25, 0.3) is 0 Å². The Morgan fingerprint density at radius 3 is 2.10 bits per heavy atom. The molecule has 4 rings (SSSR count). The maximum atomic E-state index is 13.6. The van der Waals surface area contributed by atoms with Crippen molar-refractivity contribution >= 4 is 17.7 Å². The number of phenols is 5. The molecule has 0 aliphatic carbocycles. The molecule has 1 saturated heterocycles. The number of hydrogen-bond acceptors (Lipinski definition) is 12. The minimum atomic E-state index is -3.55. The number of carbonyl (C=O) groups is 3. The Balaban J connectivity index is 1.68. The fourth-order valence-electron chi connectivity index (χ4n) is 6.21. The third kappa shape index (κ3) is 8.74. The van der Waals surface area contributed by atoms with Gasteiger partial charge in [0.1, 0.15) is 24.0 Å². The molecule has 51 heavy (non-hydrogen) atoms. The molecule has 0 spiro atoms. The number of carbonyl (C=O) groups excluding carboxylic acids is 3. The van der Waals surface area contributed by atoms with Crippen LogP contribution in [0.4, 0.5) is 4.79 Å². The van der Waals surface area contributed by atoms with Crippen molar-refractivity contribution in [3.8, 4) is 34.5 Å². The molecule has 15 heteroatoms. The Morgan fingerprint density at radius 2 is 1.51 bits per heavy atom. The smallest absolute Gasteiger partial charge is 0.318 e. The molecule has 3 aromatic rings. The highest BCUT2D eigenvalue weighted by atomic mass is 16.5. The van der Waals surface area contributed by atoms with Crippen LogP contribution in [-0.2, 0) is 21.8 Å². The van der Waals surface area contributed by atoms with Gasteiger partial charge in [0.2, 0.25) is 28.9 Å². The van der Waals surface area contributed by atoms with E-state index in [2.05, 4.69) is 10.6 Å². The number of benzene rings is 3. The quantitative estimate of drug-likeness (QED) is 0.0617. The van der Waals surface area contributed by atoms with Gasteiger partial charge in [0.05, 0.1) is 12.1 Å². The first-order chi connectivity index (χ1) is 24.0. The van der Waals surface area contributed by atoms with Crippen molar-refractivity contribution in [3.05, 3.63) is 70.8 Å². The van der Waals surface area contributed by atoms with Gasteiger partial charge in [0, 0.05) is 19.5 Å². The third-order valence-electron chi connectivity index (χ3n) is 9.14. The molecule has 0 aromatic heterocycles. The maximum Gasteiger partial charge on any atom is 0.318 e. The fraction of sp³-hybridized carbons (Fsp3) is 0.417. The molecular weight excluding hydrogens is 666 g/mol. The topological polar surface area (TPSA) is 250 Å². The monoisotopic (exact) mass is 711 g/mol. The third-order valence-corrected chi connectivity index (χ3v) is 9.14. The van der Waals surface area contributed by atoms with E-state index >= 15 is 0 Å². The largest absolute Gasteiger partial charge is 0.504 e. The van der Waals surface area contributed by atoms with Gasteiger partial charge < -0.3 is 61.1 Å². The van der Waals surface area contributed by atoms with Gasteiger partial charge in [-0.2, -0.15) is 0 Å². The van der Waals surface area contributed by atoms with Gasteiger partial charge in [-0.25, -0.2) is 4.79 Å². The maximum absolute atomic E-state index is 13.6. The molecule has 3 amide bonds. The first kappa shape index (κ1) is 38.6. The van der Waals surface area contributed by atoms with Crippen LogP contribution in [-0.4, -0.2) is 101 Å². The number of rotatable bonds is 15. The van der Waals surface area contributed by atoms with Gasteiger partial charge in [-0.05, 0) is 62.6 Å². The zero-order chi connectivity index (χ0) is 37.6. The van der Waals surface area contributed by atoms with E-state index in [9.17, 15) is 55.2 Å². The zero-order valence-electron chi connectivity index (χ0n) is 28.5. The van der Waals surface area contributed by atoms with E-state index in [1.165, 1.54) is 11.8 Å². The lowest BCUT2D eigenvalue weighted by Crippen LogP contribution is -2.59. The molecule has 0 bridgehead atoms. The van der Waals surface area contributed by atoms with E-state index in [1.807, 2.05) is 32.0 Å². The number of para-hydroxylation sites is 1. The molecule has 10 N–H and O–H groups in total. The van der Waals surface area contributed by atoms with Crippen molar-refractivity contribution in [2.75, 3.05) is 19.7 Å². The van der Waals surface area contributed by atoms with E-state index in [1.54, 1.807) is 30.3 Å². The average molecular weight is 712 g/mol. The SMILES string of the molecule is Cc1cccc(C)c1OCC(=O)CC(Cc1ccccc1)C(O)CC(NC(=O)C(C)N1CCCNC1=O)C(O)(O)c1c(O)c(O)c(O)c(O)c1O. The predicted molar refractivity (Wildman–Crippen MR) is 182 cm³/mol. The molecule has 1 aliphatic heterocycles. The molecule has 0 radical (unpaired) electrons. The lowest BCUT2D eigenvalue weighted by molar-refractivity contribution is -0.202. The van der Waals surface area contributed by atoms with Crippen LogP contribution in [0, 0.1) is 19.8 Å². The minimum absolute atomic E-state index is 0.114. The molecule has 1 aliphatic rings. The van der Waals surface area contributed by atoms with Crippen LogP contribution in [0.2, 0.25) is 0 Å². The number of nitrogens with zero attached hydrogens (tertiary/aromatic N) is 1. The summed E-state index contributed by atoms with van der Waals surface area (Å²) in [4.78, 5) is 40.6. The van der Waals surface area contributed by atoms with Crippen LogP contribution in [0.1, 0.15) is 48.4 Å². The number of aryl methyl sites for hydroxylation is 2. The summed E-state index contributed by atoms with van der Waals surface area (Å²) in [5.74, 6) is -12.3. The Bertz CT molecular complexity index is 1680. The summed E-state index contributed by atoms with van der Waals surface area (Å²) < 4.78 is 5.83. The van der Waals surface area contributed by atoms with Gasteiger partial charge in [0.25, 0.3) is 0 Å². The summed E-state index contributed by atoms with van der Waals surface area (Å²) in [5.41, 5.74) is 1.06. The number of amides is 3. The zero-order valence-corrected chi connectivity index (χ0v) is 28.5. The van der Waals surface area contributed by atoms with Crippen LogP contribution >= 0.6 is 0 Å². The van der Waals surface area contributed by atoms with Gasteiger partial charge in [-0.15, -0.1) is 0 Å². The Morgan fingerprint density at radius 1 is 0.922 bits per heavy atom. The fourth-order valence-corrected chi connectivity index (χ4v) is 6.21.